The molecule has 1 heterocycles. The van der Waals surface area contributed by atoms with Crippen LogP contribution in [0.25, 0.3) is 0 Å². The molecule has 1 saturated heterocycles. The van der Waals surface area contributed by atoms with Crippen molar-refractivity contribution in [3.05, 3.63) is 24.3 Å². The van der Waals surface area contributed by atoms with E-state index in [4.69, 9.17) is 0 Å². The van der Waals surface area contributed by atoms with Crippen molar-refractivity contribution >= 4 is 17.4 Å². The first-order valence-corrected chi connectivity index (χ1v) is 7.91. The smallest absolute Gasteiger partial charge is 0.103 e. The molecule has 1 saturated carbocycles. The van der Waals surface area contributed by atoms with Crippen molar-refractivity contribution in [3.63, 3.8) is 0 Å². The molecule has 2 nitrogen and oxygen atoms in total. The molecule has 1 unspecified atom stereocenters. The van der Waals surface area contributed by atoms with Crippen LogP contribution >= 0.6 is 11.8 Å². The topological polar surface area (TPSA) is 15.3 Å². The lowest BCUT2D eigenvalue weighted by Crippen LogP contribution is -2.50. The van der Waals surface area contributed by atoms with Gasteiger partial charge in [-0.05, 0) is 44.0 Å². The summed E-state index contributed by atoms with van der Waals surface area (Å²) in [5, 5.41) is 4.30. The maximum Gasteiger partial charge on any atom is 0.103 e. The van der Waals surface area contributed by atoms with Gasteiger partial charge in [0.1, 0.15) is 6.04 Å². The third-order valence-electron chi connectivity index (χ3n) is 3.55. The van der Waals surface area contributed by atoms with Gasteiger partial charge in [0, 0.05) is 35.5 Å². The van der Waals surface area contributed by atoms with Crippen LogP contribution in [0.15, 0.2) is 29.2 Å². The maximum absolute atomic E-state index is 3.42. The minimum absolute atomic E-state index is 0.306. The van der Waals surface area contributed by atoms with E-state index in [0.717, 1.165) is 24.9 Å². The number of thioether (sulfide) groups is 1. The molecule has 100 valence electrons. The highest BCUT2D eigenvalue weighted by atomic mass is 32.2. The Labute approximate surface area is 120 Å². The molecule has 1 aliphatic heterocycles. The zero-order valence-electron chi connectivity index (χ0n) is 11.4. The van der Waals surface area contributed by atoms with Crippen LogP contribution in [0.4, 0.5) is 5.69 Å². The maximum atomic E-state index is 3.42. The van der Waals surface area contributed by atoms with Gasteiger partial charge in [-0.15, -0.1) is 17.7 Å². The minimum atomic E-state index is 0.306. The van der Waals surface area contributed by atoms with Crippen LogP contribution in [0.1, 0.15) is 19.8 Å². The van der Waals surface area contributed by atoms with Gasteiger partial charge in [-0.1, -0.05) is 5.92 Å². The normalized spacial score (nSPS) is 22.8. The highest BCUT2D eigenvalue weighted by Crippen LogP contribution is 2.39. The molecule has 1 N–H and O–H groups in total. The Morgan fingerprint density at radius 3 is 2.74 bits per heavy atom. The van der Waals surface area contributed by atoms with Gasteiger partial charge in [-0.25, -0.2) is 0 Å². The second-order valence-electron chi connectivity index (χ2n) is 5.12. The van der Waals surface area contributed by atoms with Gasteiger partial charge in [0.2, 0.25) is 0 Å². The fraction of sp³-hybridized carbons (Fsp3) is 0.500. The second kappa shape index (κ2) is 5.90. The Hall–Kier alpha value is -1.11. The number of nitrogens with one attached hydrogen (secondary N) is 1. The molecular formula is C16H20N2S. The number of hydrogen-bond donors (Lipinski definition) is 1. The van der Waals surface area contributed by atoms with Crippen molar-refractivity contribution < 1.29 is 0 Å². The van der Waals surface area contributed by atoms with E-state index in [1.807, 2.05) is 18.7 Å². The summed E-state index contributed by atoms with van der Waals surface area (Å²) in [5.74, 6) is 6.35. The van der Waals surface area contributed by atoms with Crippen LogP contribution in [0.3, 0.4) is 0 Å². The fourth-order valence-corrected chi connectivity index (χ4v) is 3.45. The summed E-state index contributed by atoms with van der Waals surface area (Å²) in [4.78, 5) is 3.82. The number of nitrogens with zero attached hydrogens (tertiary/aromatic N) is 1. The van der Waals surface area contributed by atoms with Crippen molar-refractivity contribution in [1.82, 2.24) is 5.32 Å². The molecule has 2 aliphatic rings. The van der Waals surface area contributed by atoms with Gasteiger partial charge in [-0.3, -0.25) is 0 Å². The first-order valence-electron chi connectivity index (χ1n) is 7.03. The van der Waals surface area contributed by atoms with E-state index in [1.165, 1.54) is 23.4 Å². The van der Waals surface area contributed by atoms with Gasteiger partial charge in [0.05, 0.1) is 0 Å². The van der Waals surface area contributed by atoms with Gasteiger partial charge in [-0.2, -0.15) is 0 Å². The van der Waals surface area contributed by atoms with Crippen molar-refractivity contribution in [2.75, 3.05) is 24.5 Å². The van der Waals surface area contributed by atoms with Crippen molar-refractivity contribution in [2.24, 2.45) is 0 Å². The molecule has 1 aromatic rings. The van der Waals surface area contributed by atoms with Crippen LogP contribution < -0.4 is 10.2 Å². The quantitative estimate of drug-likeness (QED) is 0.852. The average Bonchev–Trinajstić information content (AvgIpc) is 3.25. The number of rotatable bonds is 3. The Morgan fingerprint density at radius 2 is 2.05 bits per heavy atom. The first-order chi connectivity index (χ1) is 9.36. The highest BCUT2D eigenvalue weighted by molar-refractivity contribution is 8.00. The van der Waals surface area contributed by atoms with Gasteiger partial charge in [0.15, 0.2) is 0 Å². The number of piperazine rings is 1. The van der Waals surface area contributed by atoms with E-state index in [9.17, 15) is 0 Å². The molecule has 1 aromatic carbocycles. The number of benzene rings is 1. The molecular weight excluding hydrogens is 252 g/mol. The summed E-state index contributed by atoms with van der Waals surface area (Å²) in [6.45, 7) is 4.95. The third kappa shape index (κ3) is 3.26. The van der Waals surface area contributed by atoms with E-state index in [0.29, 0.717) is 6.04 Å². The lowest BCUT2D eigenvalue weighted by Gasteiger charge is -2.35. The third-order valence-corrected chi connectivity index (χ3v) is 4.90. The molecule has 0 radical (unpaired) electrons. The van der Waals surface area contributed by atoms with Gasteiger partial charge < -0.3 is 10.2 Å². The lowest BCUT2D eigenvalue weighted by atomic mass is 10.1. The lowest BCUT2D eigenvalue weighted by molar-refractivity contribution is 0.538. The molecule has 2 fully saturated rings. The molecule has 19 heavy (non-hydrogen) atoms. The summed E-state index contributed by atoms with van der Waals surface area (Å²) < 4.78 is 0. The van der Waals surface area contributed by atoms with Crippen LogP contribution in [-0.4, -0.2) is 30.9 Å². The van der Waals surface area contributed by atoms with E-state index in [2.05, 4.69) is 46.3 Å². The van der Waals surface area contributed by atoms with E-state index in [-0.39, 0.29) is 0 Å². The fourth-order valence-electron chi connectivity index (χ4n) is 2.40. The summed E-state index contributed by atoms with van der Waals surface area (Å²) in [7, 11) is 0. The zero-order chi connectivity index (χ0) is 13.1. The Bertz CT molecular complexity index is 482. The Morgan fingerprint density at radius 1 is 1.26 bits per heavy atom. The predicted octanol–water partition coefficient (Wildman–Crippen LogP) is 2.74. The molecule has 0 bridgehead atoms. The van der Waals surface area contributed by atoms with Crippen LogP contribution in [0.2, 0.25) is 0 Å². The van der Waals surface area contributed by atoms with Gasteiger partial charge in [0.25, 0.3) is 0 Å². The molecule has 1 aliphatic carbocycles. The molecule has 1 atom stereocenters. The van der Waals surface area contributed by atoms with Gasteiger partial charge >= 0.3 is 0 Å². The van der Waals surface area contributed by atoms with E-state index >= 15 is 0 Å². The standard InChI is InChI=1S/C16H20N2S/c1-2-3-14-12-17-10-11-18(14)13-4-6-15(7-5-13)19-16-8-9-16/h4-7,14,16-17H,8-12H2,1H3. The Kier molecular flexibility index (Phi) is 4.00. The second-order valence-corrected chi connectivity index (χ2v) is 6.49. The van der Waals surface area contributed by atoms with E-state index < -0.39 is 0 Å². The summed E-state index contributed by atoms with van der Waals surface area (Å²) in [6.07, 6.45) is 2.77. The predicted molar refractivity (Wildman–Crippen MR) is 82.8 cm³/mol. The molecule has 3 rings (SSSR count). The number of hydrogen-bond acceptors (Lipinski definition) is 3. The summed E-state index contributed by atoms with van der Waals surface area (Å²) >= 11 is 2.02. The van der Waals surface area contributed by atoms with Crippen LogP contribution in [-0.2, 0) is 0 Å². The SMILES string of the molecule is CC#CC1CNCCN1c1ccc(SC2CC2)cc1. The zero-order valence-corrected chi connectivity index (χ0v) is 12.2. The first kappa shape index (κ1) is 12.9. The minimum Gasteiger partial charge on any atom is -0.355 e. The van der Waals surface area contributed by atoms with Crippen LogP contribution in [0.5, 0.6) is 0 Å². The molecule has 3 heteroatoms. The highest BCUT2D eigenvalue weighted by Gasteiger charge is 2.23. The Balaban J connectivity index is 1.72. The number of anilines is 1. The van der Waals surface area contributed by atoms with Crippen molar-refractivity contribution in [1.29, 1.82) is 0 Å². The molecule has 0 aromatic heterocycles. The summed E-state index contributed by atoms with van der Waals surface area (Å²) in [5.41, 5.74) is 1.30. The average molecular weight is 272 g/mol. The van der Waals surface area contributed by atoms with Crippen LogP contribution in [0, 0.1) is 11.8 Å². The largest absolute Gasteiger partial charge is 0.355 e. The monoisotopic (exact) mass is 272 g/mol. The molecule has 0 amide bonds. The van der Waals surface area contributed by atoms with E-state index in [1.54, 1.807) is 0 Å². The van der Waals surface area contributed by atoms with Crippen molar-refractivity contribution in [3.8, 4) is 11.8 Å². The summed E-state index contributed by atoms with van der Waals surface area (Å²) in [6, 6.07) is 9.33. The molecule has 0 spiro atoms. The van der Waals surface area contributed by atoms with Crippen molar-refractivity contribution in [2.45, 2.75) is 36.0 Å².